The molecule has 0 bridgehead atoms. The third-order valence-electron chi connectivity index (χ3n) is 21.7. The number of carbonyl (C=O) groups excluding carboxylic acids is 4. The number of hydrogen-bond donors (Lipinski definition) is 0. The predicted molar refractivity (Wildman–Crippen MR) is 384 cm³/mol. The Morgan fingerprint density at radius 1 is 0.457 bits per heavy atom. The maximum atomic E-state index is 13.1. The zero-order chi connectivity index (χ0) is 66.0. The van der Waals surface area contributed by atoms with E-state index >= 15 is 0 Å². The molecule has 0 heterocycles. The van der Waals surface area contributed by atoms with Crippen molar-refractivity contribution in [2.45, 2.75) is 400 Å². The van der Waals surface area contributed by atoms with Crippen LogP contribution >= 0.6 is 0 Å². The normalized spacial score (nSPS) is 22.8. The molecule has 0 aromatic carbocycles. The monoisotopic (exact) mass is 1280 g/mol. The quantitative estimate of drug-likeness (QED) is 0.0254. The molecule has 3 fully saturated rings. The minimum Gasteiger partial charge on any atom is -0.462 e. The van der Waals surface area contributed by atoms with Crippen LogP contribution in [0.1, 0.15) is 375 Å². The highest BCUT2D eigenvalue weighted by Gasteiger charge is 2.60. The molecule has 9 nitrogen and oxygen atoms in total. The van der Waals surface area contributed by atoms with E-state index < -0.39 is 6.10 Å². The number of fused-ring (bicyclic) bond motifs is 5. The average molecular weight is 1280 g/mol. The van der Waals surface area contributed by atoms with Crippen molar-refractivity contribution in [1.29, 1.82) is 0 Å². The van der Waals surface area contributed by atoms with Crippen LogP contribution in [0.2, 0.25) is 0 Å². The van der Waals surface area contributed by atoms with Gasteiger partial charge in [-0.05, 0) is 177 Å². The van der Waals surface area contributed by atoms with E-state index in [1.807, 2.05) is 0 Å². The molecule has 9 heteroatoms. The van der Waals surface area contributed by atoms with Gasteiger partial charge >= 0.3 is 23.9 Å². The van der Waals surface area contributed by atoms with Crippen LogP contribution in [0.15, 0.2) is 60.3 Å². The van der Waals surface area contributed by atoms with Gasteiger partial charge in [0, 0.05) is 31.1 Å². The lowest BCUT2D eigenvalue weighted by molar-refractivity contribution is -0.167. The second kappa shape index (κ2) is 51.8. The van der Waals surface area contributed by atoms with Crippen LogP contribution in [0.4, 0.5) is 0 Å². The van der Waals surface area contributed by atoms with Crippen LogP contribution in [0.25, 0.3) is 0 Å². The van der Waals surface area contributed by atoms with Crippen molar-refractivity contribution in [3.63, 3.8) is 0 Å². The zero-order valence-electron chi connectivity index (χ0n) is 60.6. The molecule has 9 atom stereocenters. The maximum absolute atomic E-state index is 13.1. The van der Waals surface area contributed by atoms with Gasteiger partial charge in [0.2, 0.25) is 0 Å². The van der Waals surface area contributed by atoms with Crippen molar-refractivity contribution in [3.8, 4) is 0 Å². The van der Waals surface area contributed by atoms with E-state index in [-0.39, 0.29) is 66.2 Å². The second-order valence-corrected chi connectivity index (χ2v) is 29.4. The molecule has 528 valence electrons. The van der Waals surface area contributed by atoms with Crippen LogP contribution in [0.5, 0.6) is 0 Å². The summed E-state index contributed by atoms with van der Waals surface area (Å²) in [5.74, 6) is 1.19. The molecule has 0 aromatic heterocycles. The number of allylic oxidation sites excluding steroid dienone is 8. The van der Waals surface area contributed by atoms with Crippen molar-refractivity contribution >= 4 is 23.9 Å². The highest BCUT2D eigenvalue weighted by molar-refractivity contribution is 5.71. The minimum atomic E-state index is -0.814. The Labute approximate surface area is 565 Å². The number of carbonyl (C=O) groups is 4. The predicted octanol–water partition coefficient (Wildman–Crippen LogP) is 24.1. The first-order chi connectivity index (χ1) is 45.0. The van der Waals surface area contributed by atoms with E-state index in [1.165, 1.54) is 161 Å². The van der Waals surface area contributed by atoms with Crippen molar-refractivity contribution in [3.05, 3.63) is 60.3 Å². The summed E-state index contributed by atoms with van der Waals surface area (Å²) in [6, 6.07) is 0. The minimum absolute atomic E-state index is 0.0346. The topological polar surface area (TPSA) is 114 Å². The fourth-order valence-corrected chi connectivity index (χ4v) is 15.9. The Hall–Kier alpha value is -3.46. The Kier molecular flexibility index (Phi) is 45.6. The molecule has 4 aliphatic carbocycles. The van der Waals surface area contributed by atoms with Gasteiger partial charge in [0.05, 0.1) is 12.2 Å². The van der Waals surface area contributed by atoms with E-state index in [0.717, 1.165) is 154 Å². The third kappa shape index (κ3) is 34.5. The Bertz CT molecular complexity index is 2070. The SMILES string of the molecule is CCCCC/C=C\C/C=C\CCCCCCCC(=O)OCC(COC(=O)CCCCCCCCCC(/C=C\CCCCC)OC1C=C2CC[C@@H]3C(CC[C@@]4(C)C3CC[C@@H]4OC(=O)CCCCCC)[C@@]2(C)CC1)OC(=O)CCCCCCC/C=C/CCCCCCCC. The number of hydrogen-bond acceptors (Lipinski definition) is 9. The molecule has 0 amide bonds. The molecule has 0 aromatic rings. The maximum Gasteiger partial charge on any atom is 0.306 e. The summed E-state index contributed by atoms with van der Waals surface area (Å²) < 4.78 is 30.5. The highest BCUT2D eigenvalue weighted by atomic mass is 16.6. The van der Waals surface area contributed by atoms with Gasteiger partial charge in [-0.15, -0.1) is 0 Å². The first-order valence-corrected chi connectivity index (χ1v) is 39.7. The van der Waals surface area contributed by atoms with Crippen LogP contribution < -0.4 is 0 Å². The van der Waals surface area contributed by atoms with E-state index in [1.54, 1.807) is 5.57 Å². The molecule has 0 aliphatic heterocycles. The summed E-state index contributed by atoms with van der Waals surface area (Å²) in [5.41, 5.74) is 2.02. The summed E-state index contributed by atoms with van der Waals surface area (Å²) >= 11 is 0. The molecular weight excluding hydrogens is 1140 g/mol. The average Bonchev–Trinajstić information content (AvgIpc) is 1.37. The highest BCUT2D eigenvalue weighted by Crippen LogP contribution is 2.66. The van der Waals surface area contributed by atoms with Gasteiger partial charge in [0.1, 0.15) is 19.3 Å². The van der Waals surface area contributed by atoms with Gasteiger partial charge in [0.25, 0.3) is 0 Å². The lowest BCUT2D eigenvalue weighted by atomic mass is 9.47. The second-order valence-electron chi connectivity index (χ2n) is 29.4. The van der Waals surface area contributed by atoms with Gasteiger partial charge in [-0.1, -0.05) is 256 Å². The fourth-order valence-electron chi connectivity index (χ4n) is 15.9. The molecule has 0 spiro atoms. The molecule has 0 radical (unpaired) electrons. The summed E-state index contributed by atoms with van der Waals surface area (Å²) in [7, 11) is 0. The van der Waals surface area contributed by atoms with Crippen LogP contribution in [0.3, 0.4) is 0 Å². The molecule has 4 aliphatic rings. The fraction of sp³-hybridized carbons (Fsp3) is 0.831. The van der Waals surface area contributed by atoms with Crippen molar-refractivity contribution in [1.82, 2.24) is 0 Å². The zero-order valence-corrected chi connectivity index (χ0v) is 60.6. The third-order valence-corrected chi connectivity index (χ3v) is 21.7. The number of unbranched alkanes of at least 4 members (excludes halogenated alkanes) is 31. The largest absolute Gasteiger partial charge is 0.462 e. The molecule has 4 rings (SSSR count). The summed E-state index contributed by atoms with van der Waals surface area (Å²) in [5, 5.41) is 0. The molecule has 0 saturated heterocycles. The van der Waals surface area contributed by atoms with E-state index in [2.05, 4.69) is 96.2 Å². The van der Waals surface area contributed by atoms with Crippen molar-refractivity contribution in [2.75, 3.05) is 13.2 Å². The number of esters is 4. The van der Waals surface area contributed by atoms with E-state index in [4.69, 9.17) is 23.7 Å². The number of rotatable bonds is 57. The first-order valence-electron chi connectivity index (χ1n) is 39.7. The van der Waals surface area contributed by atoms with Crippen molar-refractivity contribution < 1.29 is 42.9 Å². The van der Waals surface area contributed by atoms with Gasteiger partial charge in [-0.25, -0.2) is 0 Å². The number of ether oxygens (including phenoxy) is 5. The lowest BCUT2D eigenvalue weighted by Crippen LogP contribution is -2.52. The standard InChI is InChI=1S/C83H142O9/c1-7-11-15-19-21-23-25-27-29-31-33-35-39-44-50-55-78(84)88-68-73(91-80(86)57-52-46-40-36-34-32-30-28-26-24-22-20-16-12-8-2)69-89-79(85)56-51-45-41-37-38-43-48-54-71(53-47-42-17-13-9-3)90-72-63-65-82(5)70(67-72)59-60-74-75-61-62-77(83(75,6)66-64-76(74)82)92-81(87)58-49-18-14-10-4/h21,23,27-30,47,53,67,71-77H,7-20,22,24-26,31-46,48-52,54-66,68-69H2,1-6H3/b23-21-,29-27-,30-28+,53-47-/t71?,72?,73?,74-,75?,76?,77-,82-,83-/m0/s1. The molecule has 0 N–H and O–H groups in total. The Morgan fingerprint density at radius 3 is 1.46 bits per heavy atom. The van der Waals surface area contributed by atoms with Crippen LogP contribution in [-0.4, -0.2) is 61.5 Å². The molecule has 5 unspecified atom stereocenters. The van der Waals surface area contributed by atoms with Gasteiger partial charge < -0.3 is 23.7 Å². The lowest BCUT2D eigenvalue weighted by Gasteiger charge is -2.58. The first kappa shape index (κ1) is 81.0. The Morgan fingerprint density at radius 2 is 0.902 bits per heavy atom. The van der Waals surface area contributed by atoms with Crippen molar-refractivity contribution in [2.24, 2.45) is 28.6 Å². The summed E-state index contributed by atoms with van der Waals surface area (Å²) in [6.07, 6.45) is 77.2. The molecule has 92 heavy (non-hydrogen) atoms. The van der Waals surface area contributed by atoms with Gasteiger partial charge in [-0.3, -0.25) is 19.2 Å². The van der Waals surface area contributed by atoms with E-state index in [0.29, 0.717) is 37.5 Å². The Balaban J connectivity index is 1.14. The molecular formula is C83H142O9. The van der Waals surface area contributed by atoms with Crippen LogP contribution in [0, 0.1) is 28.6 Å². The summed E-state index contributed by atoms with van der Waals surface area (Å²) in [4.78, 5) is 51.9. The van der Waals surface area contributed by atoms with Crippen LogP contribution in [-0.2, 0) is 42.9 Å². The van der Waals surface area contributed by atoms with E-state index in [9.17, 15) is 19.2 Å². The van der Waals surface area contributed by atoms with Gasteiger partial charge in [-0.2, -0.15) is 0 Å². The summed E-state index contributed by atoms with van der Waals surface area (Å²) in [6.45, 7) is 13.8. The van der Waals surface area contributed by atoms with Gasteiger partial charge in [0.15, 0.2) is 6.10 Å². The molecule has 3 saturated carbocycles. The smallest absolute Gasteiger partial charge is 0.306 e.